The second-order valence-corrected chi connectivity index (χ2v) is 7.29. The van der Waals surface area contributed by atoms with E-state index in [-0.39, 0.29) is 12.5 Å². The van der Waals surface area contributed by atoms with Crippen molar-refractivity contribution >= 4 is 10.0 Å². The van der Waals surface area contributed by atoms with Crippen LogP contribution in [0.5, 0.6) is 0 Å². The predicted octanol–water partition coefficient (Wildman–Crippen LogP) is 1.60. The maximum atomic E-state index is 12.1. The van der Waals surface area contributed by atoms with Crippen LogP contribution in [0.1, 0.15) is 34.6 Å². The van der Waals surface area contributed by atoms with Crippen molar-refractivity contribution < 1.29 is 8.42 Å². The standard InChI is InChI=1S/C10H20N2O2S/c1-6-12(8-9(2)7-11)15(13,14)10(3,4)5/h9H,6,8H2,1-5H3. The number of hydrogen-bond donors (Lipinski definition) is 0. The van der Waals surface area contributed by atoms with Gasteiger partial charge < -0.3 is 0 Å². The van der Waals surface area contributed by atoms with E-state index in [0.29, 0.717) is 6.54 Å². The molecule has 0 amide bonds. The molecule has 0 saturated carbocycles. The van der Waals surface area contributed by atoms with E-state index in [1.165, 1.54) is 4.31 Å². The van der Waals surface area contributed by atoms with Crippen LogP contribution in [0.25, 0.3) is 0 Å². The highest BCUT2D eigenvalue weighted by atomic mass is 32.2. The van der Waals surface area contributed by atoms with Gasteiger partial charge in [-0.05, 0) is 27.7 Å². The van der Waals surface area contributed by atoms with Crippen LogP contribution in [0.4, 0.5) is 0 Å². The third-order valence-electron chi connectivity index (χ3n) is 2.16. The Morgan fingerprint density at radius 1 is 1.40 bits per heavy atom. The van der Waals surface area contributed by atoms with E-state index >= 15 is 0 Å². The van der Waals surface area contributed by atoms with E-state index in [1.54, 1.807) is 34.6 Å². The van der Waals surface area contributed by atoms with Crippen molar-refractivity contribution in [2.24, 2.45) is 5.92 Å². The Kier molecular flexibility index (Phi) is 4.75. The van der Waals surface area contributed by atoms with Gasteiger partial charge in [0, 0.05) is 13.1 Å². The quantitative estimate of drug-likeness (QED) is 0.739. The Morgan fingerprint density at radius 2 is 1.87 bits per heavy atom. The second kappa shape index (κ2) is 4.95. The highest BCUT2D eigenvalue weighted by molar-refractivity contribution is 7.90. The number of hydrogen-bond acceptors (Lipinski definition) is 3. The van der Waals surface area contributed by atoms with Crippen LogP contribution in [0, 0.1) is 17.2 Å². The molecule has 0 aliphatic rings. The van der Waals surface area contributed by atoms with Crippen molar-refractivity contribution in [3.8, 4) is 6.07 Å². The number of nitriles is 1. The topological polar surface area (TPSA) is 61.2 Å². The van der Waals surface area contributed by atoms with Gasteiger partial charge >= 0.3 is 0 Å². The van der Waals surface area contributed by atoms with Crippen LogP contribution >= 0.6 is 0 Å². The Labute approximate surface area is 92.9 Å². The molecule has 5 heteroatoms. The lowest BCUT2D eigenvalue weighted by Crippen LogP contribution is -2.44. The molecule has 1 unspecified atom stereocenters. The minimum atomic E-state index is -3.31. The largest absolute Gasteiger partial charge is 0.219 e. The summed E-state index contributed by atoms with van der Waals surface area (Å²) in [5.74, 6) is -0.276. The van der Waals surface area contributed by atoms with E-state index in [1.807, 2.05) is 6.07 Å². The van der Waals surface area contributed by atoms with E-state index < -0.39 is 14.8 Å². The molecular weight excluding hydrogens is 212 g/mol. The second-order valence-electron chi connectivity index (χ2n) is 4.60. The summed E-state index contributed by atoms with van der Waals surface area (Å²) in [6.45, 7) is 9.19. The Balaban J connectivity index is 4.93. The zero-order valence-electron chi connectivity index (χ0n) is 10.1. The molecule has 0 radical (unpaired) electrons. The molecule has 0 saturated heterocycles. The first-order chi connectivity index (χ1) is 6.66. The van der Waals surface area contributed by atoms with Crippen molar-refractivity contribution in [3.05, 3.63) is 0 Å². The average molecular weight is 232 g/mol. The minimum absolute atomic E-state index is 0.270. The van der Waals surface area contributed by atoms with Gasteiger partial charge in [-0.3, -0.25) is 0 Å². The summed E-state index contributed by atoms with van der Waals surface area (Å²) in [5, 5.41) is 8.68. The predicted molar refractivity (Wildman–Crippen MR) is 60.7 cm³/mol. The summed E-state index contributed by atoms with van der Waals surface area (Å²) in [7, 11) is -3.31. The summed E-state index contributed by atoms with van der Waals surface area (Å²) in [4.78, 5) is 0. The van der Waals surface area contributed by atoms with Gasteiger partial charge in [0.15, 0.2) is 0 Å². The first-order valence-corrected chi connectivity index (χ1v) is 6.50. The molecule has 0 aromatic heterocycles. The summed E-state index contributed by atoms with van der Waals surface area (Å²) in [6, 6.07) is 2.05. The maximum absolute atomic E-state index is 12.1. The number of rotatable bonds is 4. The summed E-state index contributed by atoms with van der Waals surface area (Å²) in [6.07, 6.45) is 0. The molecule has 0 spiro atoms. The first kappa shape index (κ1) is 14.4. The molecule has 0 aromatic carbocycles. The van der Waals surface area contributed by atoms with Gasteiger partial charge in [0.05, 0.1) is 16.7 Å². The van der Waals surface area contributed by atoms with E-state index in [2.05, 4.69) is 0 Å². The molecule has 0 aromatic rings. The normalized spacial score (nSPS) is 15.0. The third-order valence-corrected chi connectivity index (χ3v) is 4.80. The summed E-state index contributed by atoms with van der Waals surface area (Å²) >= 11 is 0. The molecule has 0 aliphatic heterocycles. The zero-order chi connectivity index (χ0) is 12.3. The van der Waals surface area contributed by atoms with Gasteiger partial charge in [0.2, 0.25) is 10.0 Å². The molecule has 88 valence electrons. The van der Waals surface area contributed by atoms with Gasteiger partial charge in [-0.2, -0.15) is 5.26 Å². The molecule has 0 fully saturated rings. The first-order valence-electron chi connectivity index (χ1n) is 5.06. The van der Waals surface area contributed by atoms with E-state index in [9.17, 15) is 8.42 Å². The molecule has 0 aliphatic carbocycles. The van der Waals surface area contributed by atoms with Gasteiger partial charge in [-0.25, -0.2) is 12.7 Å². The minimum Gasteiger partial charge on any atom is -0.212 e. The average Bonchev–Trinajstić information content (AvgIpc) is 2.11. The van der Waals surface area contributed by atoms with Crippen LogP contribution in [0.3, 0.4) is 0 Å². The molecule has 0 bridgehead atoms. The van der Waals surface area contributed by atoms with Crippen LogP contribution in [0.15, 0.2) is 0 Å². The molecule has 15 heavy (non-hydrogen) atoms. The third kappa shape index (κ3) is 3.47. The SMILES string of the molecule is CCN(CC(C)C#N)S(=O)(=O)C(C)(C)C. The van der Waals surface area contributed by atoms with Crippen LogP contribution < -0.4 is 0 Å². The van der Waals surface area contributed by atoms with Gasteiger partial charge in [0.25, 0.3) is 0 Å². The summed E-state index contributed by atoms with van der Waals surface area (Å²) in [5.41, 5.74) is 0. The van der Waals surface area contributed by atoms with Crippen molar-refractivity contribution in [2.45, 2.75) is 39.4 Å². The smallest absolute Gasteiger partial charge is 0.212 e. The zero-order valence-corrected chi connectivity index (χ0v) is 10.9. The van der Waals surface area contributed by atoms with Gasteiger partial charge in [-0.15, -0.1) is 0 Å². The monoisotopic (exact) mass is 232 g/mol. The number of sulfonamides is 1. The Bertz CT molecular complexity index is 335. The Hall–Kier alpha value is -0.600. The lowest BCUT2D eigenvalue weighted by Gasteiger charge is -2.29. The summed E-state index contributed by atoms with van der Waals surface area (Å²) < 4.78 is 24.7. The molecular formula is C10H20N2O2S. The lowest BCUT2D eigenvalue weighted by molar-refractivity contribution is 0.385. The van der Waals surface area contributed by atoms with E-state index in [0.717, 1.165) is 0 Å². The molecule has 0 heterocycles. The fraction of sp³-hybridized carbons (Fsp3) is 0.900. The highest BCUT2D eigenvalue weighted by Gasteiger charge is 2.34. The van der Waals surface area contributed by atoms with Crippen LogP contribution in [-0.2, 0) is 10.0 Å². The van der Waals surface area contributed by atoms with Crippen molar-refractivity contribution in [3.63, 3.8) is 0 Å². The molecule has 0 rings (SSSR count). The fourth-order valence-corrected chi connectivity index (χ4v) is 2.67. The van der Waals surface area contributed by atoms with Crippen molar-refractivity contribution in [1.82, 2.24) is 4.31 Å². The van der Waals surface area contributed by atoms with Crippen LogP contribution in [-0.4, -0.2) is 30.6 Å². The molecule has 0 N–H and O–H groups in total. The van der Waals surface area contributed by atoms with Crippen molar-refractivity contribution in [2.75, 3.05) is 13.1 Å². The van der Waals surface area contributed by atoms with Gasteiger partial charge in [-0.1, -0.05) is 6.92 Å². The number of nitrogens with zero attached hydrogens (tertiary/aromatic N) is 2. The fourth-order valence-electron chi connectivity index (χ4n) is 1.13. The van der Waals surface area contributed by atoms with Crippen molar-refractivity contribution in [1.29, 1.82) is 5.26 Å². The molecule has 1 atom stereocenters. The van der Waals surface area contributed by atoms with E-state index in [4.69, 9.17) is 5.26 Å². The Morgan fingerprint density at radius 3 is 2.13 bits per heavy atom. The highest BCUT2D eigenvalue weighted by Crippen LogP contribution is 2.20. The van der Waals surface area contributed by atoms with Crippen LogP contribution in [0.2, 0.25) is 0 Å². The van der Waals surface area contributed by atoms with Gasteiger partial charge in [0.1, 0.15) is 0 Å². The maximum Gasteiger partial charge on any atom is 0.219 e. The lowest BCUT2D eigenvalue weighted by atomic mass is 10.2. The molecule has 4 nitrogen and oxygen atoms in total.